The van der Waals surface area contributed by atoms with Crippen molar-refractivity contribution in [3.8, 4) is 5.75 Å². The lowest BCUT2D eigenvalue weighted by molar-refractivity contribution is -0.123. The van der Waals surface area contributed by atoms with Crippen molar-refractivity contribution in [1.29, 1.82) is 0 Å². The Bertz CT molecular complexity index is 887. The van der Waals surface area contributed by atoms with E-state index in [9.17, 15) is 9.59 Å². The van der Waals surface area contributed by atoms with Crippen LogP contribution in [0.15, 0.2) is 69.9 Å². The number of carbonyl (C=O) groups excluding carboxylic acids is 1. The maximum absolute atomic E-state index is 11.9. The maximum atomic E-state index is 11.9. The van der Waals surface area contributed by atoms with Gasteiger partial charge in [0.1, 0.15) is 11.3 Å². The number of hydrogen-bond donors (Lipinski definition) is 1. The SMILES string of the molecule is O=C(COc1cc(=O)oc2ccccc12)NCCc1ccccc1. The highest BCUT2D eigenvalue weighted by Crippen LogP contribution is 2.22. The van der Waals surface area contributed by atoms with Crippen LogP contribution in [0.2, 0.25) is 0 Å². The van der Waals surface area contributed by atoms with Crippen LogP contribution in [-0.4, -0.2) is 19.1 Å². The fraction of sp³-hybridized carbons (Fsp3) is 0.158. The molecule has 0 aliphatic carbocycles. The van der Waals surface area contributed by atoms with E-state index in [2.05, 4.69) is 5.32 Å². The molecule has 0 atom stereocenters. The Morgan fingerprint density at radius 3 is 2.62 bits per heavy atom. The zero-order valence-corrected chi connectivity index (χ0v) is 13.0. The molecular weight excluding hydrogens is 306 g/mol. The highest BCUT2D eigenvalue weighted by atomic mass is 16.5. The van der Waals surface area contributed by atoms with Crippen LogP contribution in [0.5, 0.6) is 5.75 Å². The number of rotatable bonds is 6. The third-order valence-corrected chi connectivity index (χ3v) is 3.55. The Kier molecular flexibility index (Phi) is 4.91. The van der Waals surface area contributed by atoms with Crippen LogP contribution in [0.25, 0.3) is 11.0 Å². The lowest BCUT2D eigenvalue weighted by Crippen LogP contribution is -2.30. The van der Waals surface area contributed by atoms with Gasteiger partial charge in [-0.05, 0) is 24.1 Å². The molecule has 0 bridgehead atoms. The minimum atomic E-state index is -0.506. The normalized spacial score (nSPS) is 10.5. The molecule has 0 unspecified atom stereocenters. The quantitative estimate of drug-likeness (QED) is 0.708. The van der Waals surface area contributed by atoms with Crippen LogP contribution >= 0.6 is 0 Å². The minimum absolute atomic E-state index is 0.151. The predicted molar refractivity (Wildman–Crippen MR) is 91.1 cm³/mol. The zero-order valence-electron chi connectivity index (χ0n) is 13.0. The number of hydrogen-bond acceptors (Lipinski definition) is 4. The van der Waals surface area contributed by atoms with Gasteiger partial charge in [0, 0.05) is 6.54 Å². The number of nitrogens with one attached hydrogen (secondary N) is 1. The van der Waals surface area contributed by atoms with Crippen molar-refractivity contribution in [2.45, 2.75) is 6.42 Å². The van der Waals surface area contributed by atoms with Crippen molar-refractivity contribution in [2.75, 3.05) is 13.2 Å². The van der Waals surface area contributed by atoms with Gasteiger partial charge in [-0.1, -0.05) is 42.5 Å². The lowest BCUT2D eigenvalue weighted by atomic mass is 10.1. The third-order valence-electron chi connectivity index (χ3n) is 3.55. The molecule has 2 aromatic carbocycles. The zero-order chi connectivity index (χ0) is 16.8. The summed E-state index contributed by atoms with van der Waals surface area (Å²) < 4.78 is 10.6. The lowest BCUT2D eigenvalue weighted by Gasteiger charge is -2.09. The van der Waals surface area contributed by atoms with Crippen LogP contribution in [0.1, 0.15) is 5.56 Å². The number of amides is 1. The van der Waals surface area contributed by atoms with Crippen molar-refractivity contribution < 1.29 is 13.9 Å². The molecule has 1 heterocycles. The molecule has 5 nitrogen and oxygen atoms in total. The van der Waals surface area contributed by atoms with Crippen LogP contribution in [0, 0.1) is 0 Å². The van der Waals surface area contributed by atoms with Gasteiger partial charge in [0.05, 0.1) is 11.5 Å². The monoisotopic (exact) mass is 323 g/mol. The Hall–Kier alpha value is -3.08. The van der Waals surface area contributed by atoms with Crippen molar-refractivity contribution >= 4 is 16.9 Å². The molecule has 3 rings (SSSR count). The van der Waals surface area contributed by atoms with E-state index in [-0.39, 0.29) is 12.5 Å². The second kappa shape index (κ2) is 7.46. The number of para-hydroxylation sites is 1. The van der Waals surface area contributed by atoms with E-state index in [0.717, 1.165) is 12.0 Å². The van der Waals surface area contributed by atoms with E-state index in [4.69, 9.17) is 9.15 Å². The van der Waals surface area contributed by atoms with Crippen molar-refractivity contribution in [2.24, 2.45) is 0 Å². The van der Waals surface area contributed by atoms with Gasteiger partial charge in [-0.15, -0.1) is 0 Å². The second-order valence-electron chi connectivity index (χ2n) is 5.30. The van der Waals surface area contributed by atoms with Crippen molar-refractivity contribution in [3.05, 3.63) is 76.6 Å². The van der Waals surface area contributed by atoms with Crippen molar-refractivity contribution in [3.63, 3.8) is 0 Å². The summed E-state index contributed by atoms with van der Waals surface area (Å²) >= 11 is 0. The van der Waals surface area contributed by atoms with Crippen LogP contribution in [0.4, 0.5) is 0 Å². The average molecular weight is 323 g/mol. The Morgan fingerprint density at radius 2 is 1.79 bits per heavy atom. The first kappa shape index (κ1) is 15.8. The fourth-order valence-corrected chi connectivity index (χ4v) is 2.39. The van der Waals surface area contributed by atoms with E-state index < -0.39 is 5.63 Å². The van der Waals surface area contributed by atoms with E-state index >= 15 is 0 Å². The molecule has 5 heteroatoms. The molecule has 0 fully saturated rings. The molecule has 122 valence electrons. The Morgan fingerprint density at radius 1 is 1.04 bits per heavy atom. The topological polar surface area (TPSA) is 68.5 Å². The first-order chi connectivity index (χ1) is 11.7. The van der Waals surface area contributed by atoms with Gasteiger partial charge >= 0.3 is 5.63 Å². The first-order valence-corrected chi connectivity index (χ1v) is 7.69. The molecule has 0 aliphatic rings. The Labute approximate surface area is 138 Å². The number of fused-ring (bicyclic) bond motifs is 1. The number of benzene rings is 2. The van der Waals surface area contributed by atoms with E-state index in [1.807, 2.05) is 36.4 Å². The van der Waals surface area contributed by atoms with E-state index in [1.165, 1.54) is 6.07 Å². The molecule has 1 amide bonds. The van der Waals surface area contributed by atoms with Crippen molar-refractivity contribution in [1.82, 2.24) is 5.32 Å². The van der Waals surface area contributed by atoms with Crippen LogP contribution in [0.3, 0.4) is 0 Å². The maximum Gasteiger partial charge on any atom is 0.339 e. The van der Waals surface area contributed by atoms with E-state index in [0.29, 0.717) is 23.3 Å². The highest BCUT2D eigenvalue weighted by molar-refractivity contribution is 5.84. The molecule has 0 spiro atoms. The molecule has 0 aliphatic heterocycles. The molecule has 3 aromatic rings. The number of ether oxygens (including phenoxy) is 1. The predicted octanol–water partition coefficient (Wildman–Crippen LogP) is 2.53. The second-order valence-corrected chi connectivity index (χ2v) is 5.30. The average Bonchev–Trinajstić information content (AvgIpc) is 2.60. The molecule has 1 aromatic heterocycles. The summed E-state index contributed by atoms with van der Waals surface area (Å²) in [6.45, 7) is 0.381. The standard InChI is InChI=1S/C19H17NO4/c21-18(20-11-10-14-6-2-1-3-7-14)13-23-17-12-19(22)24-16-9-5-4-8-15(16)17/h1-9,12H,10-11,13H2,(H,20,21). The van der Waals surface area contributed by atoms with Gasteiger partial charge in [-0.25, -0.2) is 4.79 Å². The summed E-state index contributed by atoms with van der Waals surface area (Å²) in [6, 6.07) is 18.2. The van der Waals surface area contributed by atoms with Gasteiger partial charge in [0.25, 0.3) is 5.91 Å². The molecule has 0 radical (unpaired) electrons. The molecule has 24 heavy (non-hydrogen) atoms. The van der Waals surface area contributed by atoms with Gasteiger partial charge in [0.2, 0.25) is 0 Å². The summed E-state index contributed by atoms with van der Waals surface area (Å²) in [6.07, 6.45) is 0.754. The third kappa shape index (κ3) is 4.01. The van der Waals surface area contributed by atoms with Gasteiger partial charge < -0.3 is 14.5 Å². The van der Waals surface area contributed by atoms with E-state index in [1.54, 1.807) is 18.2 Å². The van der Waals surface area contributed by atoms with Gasteiger partial charge in [-0.3, -0.25) is 4.79 Å². The fourth-order valence-electron chi connectivity index (χ4n) is 2.39. The largest absolute Gasteiger partial charge is 0.483 e. The minimum Gasteiger partial charge on any atom is -0.483 e. The first-order valence-electron chi connectivity index (χ1n) is 7.69. The van der Waals surface area contributed by atoms with Gasteiger partial charge in [-0.2, -0.15) is 0 Å². The summed E-state index contributed by atoms with van der Waals surface area (Å²) in [5.41, 5.74) is 1.09. The highest BCUT2D eigenvalue weighted by Gasteiger charge is 2.08. The summed E-state index contributed by atoms with van der Waals surface area (Å²) in [5, 5.41) is 3.46. The molecule has 0 saturated heterocycles. The summed E-state index contributed by atoms with van der Waals surface area (Å²) in [4.78, 5) is 23.4. The molecular formula is C19H17NO4. The van der Waals surface area contributed by atoms with Crippen LogP contribution in [-0.2, 0) is 11.2 Å². The summed E-state index contributed by atoms with van der Waals surface area (Å²) in [7, 11) is 0. The smallest absolute Gasteiger partial charge is 0.339 e. The Balaban J connectivity index is 1.56. The molecule has 1 N–H and O–H groups in total. The number of carbonyl (C=O) groups is 1. The molecule has 0 saturated carbocycles. The summed E-state index contributed by atoms with van der Waals surface area (Å²) in [5.74, 6) is 0.114. The van der Waals surface area contributed by atoms with Crippen LogP contribution < -0.4 is 15.7 Å². The van der Waals surface area contributed by atoms with Gasteiger partial charge in [0.15, 0.2) is 6.61 Å².